The SMILES string of the molecule is CC(=O)N1CCC(c2ccc(C(C)(C)C)nc2)CC1. The molecule has 3 nitrogen and oxygen atoms in total. The number of carbonyl (C=O) groups excluding carboxylic acids is 1. The van der Waals surface area contributed by atoms with Gasteiger partial charge in [0, 0.05) is 37.3 Å². The maximum absolute atomic E-state index is 11.3. The van der Waals surface area contributed by atoms with E-state index in [0.717, 1.165) is 31.6 Å². The predicted molar refractivity (Wildman–Crippen MR) is 77.2 cm³/mol. The molecule has 0 unspecified atom stereocenters. The highest BCUT2D eigenvalue weighted by Gasteiger charge is 2.23. The molecular weight excluding hydrogens is 236 g/mol. The van der Waals surface area contributed by atoms with Crippen LogP contribution in [-0.4, -0.2) is 28.9 Å². The predicted octanol–water partition coefficient (Wildman–Crippen LogP) is 3.11. The third kappa shape index (κ3) is 3.34. The number of piperidine rings is 1. The Morgan fingerprint density at radius 2 is 1.89 bits per heavy atom. The van der Waals surface area contributed by atoms with E-state index in [1.54, 1.807) is 6.92 Å². The van der Waals surface area contributed by atoms with Gasteiger partial charge < -0.3 is 4.90 Å². The number of pyridine rings is 1. The molecule has 1 fully saturated rings. The van der Waals surface area contributed by atoms with Crippen LogP contribution in [0.2, 0.25) is 0 Å². The molecule has 0 spiro atoms. The number of aromatic nitrogens is 1. The van der Waals surface area contributed by atoms with Crippen molar-refractivity contribution >= 4 is 5.91 Å². The molecule has 1 saturated heterocycles. The lowest BCUT2D eigenvalue weighted by Crippen LogP contribution is -2.36. The standard InChI is InChI=1S/C16H24N2O/c1-12(19)18-9-7-13(8-10-18)14-5-6-15(17-11-14)16(2,3)4/h5-6,11,13H,7-10H2,1-4H3. The summed E-state index contributed by atoms with van der Waals surface area (Å²) in [6, 6.07) is 4.36. The first kappa shape index (κ1) is 14.0. The van der Waals surface area contributed by atoms with Crippen LogP contribution in [0.5, 0.6) is 0 Å². The molecule has 19 heavy (non-hydrogen) atoms. The molecule has 0 N–H and O–H groups in total. The zero-order valence-corrected chi connectivity index (χ0v) is 12.4. The zero-order valence-electron chi connectivity index (χ0n) is 12.4. The van der Waals surface area contributed by atoms with E-state index in [2.05, 4.69) is 37.9 Å². The van der Waals surface area contributed by atoms with Gasteiger partial charge in [-0.25, -0.2) is 0 Å². The van der Waals surface area contributed by atoms with Gasteiger partial charge in [-0.1, -0.05) is 26.8 Å². The molecule has 1 aliphatic heterocycles. The summed E-state index contributed by atoms with van der Waals surface area (Å²) in [4.78, 5) is 17.8. The molecule has 0 saturated carbocycles. The minimum absolute atomic E-state index is 0.108. The fraction of sp³-hybridized carbons (Fsp3) is 0.625. The summed E-state index contributed by atoms with van der Waals surface area (Å²) >= 11 is 0. The van der Waals surface area contributed by atoms with Crippen LogP contribution in [-0.2, 0) is 10.2 Å². The Labute approximate surface area is 116 Å². The smallest absolute Gasteiger partial charge is 0.219 e. The average molecular weight is 260 g/mol. The number of rotatable bonds is 1. The Balaban J connectivity index is 2.02. The third-order valence-corrected chi connectivity index (χ3v) is 3.97. The van der Waals surface area contributed by atoms with Crippen LogP contribution >= 0.6 is 0 Å². The van der Waals surface area contributed by atoms with Gasteiger partial charge in [0.05, 0.1) is 0 Å². The molecule has 104 valence electrons. The molecule has 1 aromatic heterocycles. The van der Waals surface area contributed by atoms with Crippen molar-refractivity contribution in [1.82, 2.24) is 9.88 Å². The summed E-state index contributed by atoms with van der Waals surface area (Å²) in [6.45, 7) is 9.95. The van der Waals surface area contributed by atoms with E-state index in [1.807, 2.05) is 11.1 Å². The van der Waals surface area contributed by atoms with E-state index in [9.17, 15) is 4.79 Å². The number of carbonyl (C=O) groups is 1. The minimum Gasteiger partial charge on any atom is -0.343 e. The second-order valence-electron chi connectivity index (χ2n) is 6.51. The van der Waals surface area contributed by atoms with Gasteiger partial charge in [0.25, 0.3) is 0 Å². The molecule has 0 radical (unpaired) electrons. The molecule has 0 bridgehead atoms. The van der Waals surface area contributed by atoms with Gasteiger partial charge in [-0.3, -0.25) is 9.78 Å². The van der Waals surface area contributed by atoms with Crippen molar-refractivity contribution in [2.75, 3.05) is 13.1 Å². The van der Waals surface area contributed by atoms with E-state index < -0.39 is 0 Å². The second-order valence-corrected chi connectivity index (χ2v) is 6.51. The van der Waals surface area contributed by atoms with Gasteiger partial charge in [-0.2, -0.15) is 0 Å². The summed E-state index contributed by atoms with van der Waals surface area (Å²) in [6.07, 6.45) is 4.13. The van der Waals surface area contributed by atoms with E-state index in [1.165, 1.54) is 5.56 Å². The van der Waals surface area contributed by atoms with Crippen molar-refractivity contribution in [1.29, 1.82) is 0 Å². The normalized spacial score (nSPS) is 17.6. The Bertz CT molecular complexity index is 437. The lowest BCUT2D eigenvalue weighted by atomic mass is 9.88. The van der Waals surface area contributed by atoms with Crippen LogP contribution in [0.25, 0.3) is 0 Å². The number of amides is 1. The first-order chi connectivity index (χ1) is 8.88. The minimum atomic E-state index is 0.108. The third-order valence-electron chi connectivity index (χ3n) is 3.97. The van der Waals surface area contributed by atoms with E-state index in [4.69, 9.17) is 0 Å². The number of nitrogens with zero attached hydrogens (tertiary/aromatic N) is 2. The highest BCUT2D eigenvalue weighted by Crippen LogP contribution is 2.29. The molecule has 2 heterocycles. The van der Waals surface area contributed by atoms with Crippen molar-refractivity contribution in [3.8, 4) is 0 Å². The lowest BCUT2D eigenvalue weighted by molar-refractivity contribution is -0.129. The van der Waals surface area contributed by atoms with Gasteiger partial charge >= 0.3 is 0 Å². The topological polar surface area (TPSA) is 33.2 Å². The molecule has 0 aliphatic carbocycles. The van der Waals surface area contributed by atoms with Crippen LogP contribution < -0.4 is 0 Å². The second kappa shape index (κ2) is 5.32. The van der Waals surface area contributed by atoms with Crippen LogP contribution in [0.3, 0.4) is 0 Å². The maximum atomic E-state index is 11.3. The van der Waals surface area contributed by atoms with E-state index in [-0.39, 0.29) is 11.3 Å². The molecule has 0 aromatic carbocycles. The van der Waals surface area contributed by atoms with Crippen molar-refractivity contribution in [2.45, 2.75) is 51.9 Å². The van der Waals surface area contributed by atoms with Gasteiger partial charge in [0.1, 0.15) is 0 Å². The van der Waals surface area contributed by atoms with Crippen molar-refractivity contribution in [2.24, 2.45) is 0 Å². The Morgan fingerprint density at radius 1 is 1.26 bits per heavy atom. The fourth-order valence-corrected chi connectivity index (χ4v) is 2.62. The van der Waals surface area contributed by atoms with Gasteiger partial charge in [0.2, 0.25) is 5.91 Å². The van der Waals surface area contributed by atoms with Gasteiger partial charge in [-0.15, -0.1) is 0 Å². The lowest BCUT2D eigenvalue weighted by Gasteiger charge is -2.31. The number of likely N-dealkylation sites (tertiary alicyclic amines) is 1. The number of hydrogen-bond acceptors (Lipinski definition) is 2. The summed E-state index contributed by atoms with van der Waals surface area (Å²) in [5.74, 6) is 0.747. The average Bonchev–Trinajstić information content (AvgIpc) is 2.38. The van der Waals surface area contributed by atoms with E-state index in [0.29, 0.717) is 5.92 Å². The van der Waals surface area contributed by atoms with E-state index >= 15 is 0 Å². The van der Waals surface area contributed by atoms with Crippen LogP contribution in [0.1, 0.15) is 57.7 Å². The first-order valence-corrected chi connectivity index (χ1v) is 7.10. The summed E-state index contributed by atoms with van der Waals surface area (Å²) in [5, 5.41) is 0. The highest BCUT2D eigenvalue weighted by molar-refractivity contribution is 5.73. The number of hydrogen-bond donors (Lipinski definition) is 0. The molecular formula is C16H24N2O. The molecule has 1 amide bonds. The van der Waals surface area contributed by atoms with Crippen LogP contribution in [0.4, 0.5) is 0 Å². The Hall–Kier alpha value is -1.38. The summed E-state index contributed by atoms with van der Waals surface area (Å²) in [7, 11) is 0. The molecule has 3 heteroatoms. The maximum Gasteiger partial charge on any atom is 0.219 e. The highest BCUT2D eigenvalue weighted by atomic mass is 16.2. The molecule has 1 aliphatic rings. The molecule has 0 atom stereocenters. The largest absolute Gasteiger partial charge is 0.343 e. The van der Waals surface area contributed by atoms with Crippen molar-refractivity contribution in [3.05, 3.63) is 29.6 Å². The van der Waals surface area contributed by atoms with Gasteiger partial charge in [0.15, 0.2) is 0 Å². The van der Waals surface area contributed by atoms with Crippen molar-refractivity contribution < 1.29 is 4.79 Å². The summed E-state index contributed by atoms with van der Waals surface area (Å²) in [5.41, 5.74) is 2.56. The molecule has 2 rings (SSSR count). The first-order valence-electron chi connectivity index (χ1n) is 7.10. The quantitative estimate of drug-likeness (QED) is 0.777. The zero-order chi connectivity index (χ0) is 14.0. The fourth-order valence-electron chi connectivity index (χ4n) is 2.62. The van der Waals surface area contributed by atoms with Gasteiger partial charge in [-0.05, 0) is 30.4 Å². The van der Waals surface area contributed by atoms with Crippen LogP contribution in [0.15, 0.2) is 18.3 Å². The van der Waals surface area contributed by atoms with Crippen LogP contribution in [0, 0.1) is 0 Å². The summed E-state index contributed by atoms with van der Waals surface area (Å²) < 4.78 is 0. The monoisotopic (exact) mass is 260 g/mol. The Kier molecular flexibility index (Phi) is 3.93. The Morgan fingerprint density at radius 3 is 2.32 bits per heavy atom. The van der Waals surface area contributed by atoms with Crippen molar-refractivity contribution in [3.63, 3.8) is 0 Å². The molecule has 1 aromatic rings.